The highest BCUT2D eigenvalue weighted by Crippen LogP contribution is 2.33. The van der Waals surface area contributed by atoms with E-state index in [1.165, 1.54) is 0 Å². The molecule has 0 fully saturated rings. The molecule has 0 amide bonds. The van der Waals surface area contributed by atoms with Crippen LogP contribution in [0.5, 0.6) is 0 Å². The zero-order valence-corrected chi connectivity index (χ0v) is 14.0. The third-order valence-electron chi connectivity index (χ3n) is 4.30. The van der Waals surface area contributed by atoms with Crippen molar-refractivity contribution in [2.24, 2.45) is 7.05 Å². The van der Waals surface area contributed by atoms with E-state index in [4.69, 9.17) is 0 Å². The number of carbonyl (C=O) groups is 1. The lowest BCUT2D eigenvalue weighted by Gasteiger charge is -2.06. The second-order valence-corrected chi connectivity index (χ2v) is 5.67. The molecule has 2 heterocycles. The number of nitriles is 1. The summed E-state index contributed by atoms with van der Waals surface area (Å²) >= 11 is 0. The lowest BCUT2D eigenvalue weighted by molar-refractivity contribution is 0.0687. The highest BCUT2D eigenvalue weighted by Gasteiger charge is 2.25. The molecule has 3 rings (SSSR count). The molecule has 1 N–H and O–H groups in total. The van der Waals surface area contributed by atoms with Crippen LogP contribution in [0.3, 0.4) is 0 Å². The lowest BCUT2D eigenvalue weighted by atomic mass is 9.98. The molecule has 0 spiro atoms. The maximum absolute atomic E-state index is 11.8. The second-order valence-electron chi connectivity index (χ2n) is 5.67. The van der Waals surface area contributed by atoms with Gasteiger partial charge >= 0.3 is 5.97 Å². The zero-order valence-electron chi connectivity index (χ0n) is 14.0. The summed E-state index contributed by atoms with van der Waals surface area (Å²) in [7, 11) is 1.69. The Hall–Kier alpha value is -3.39. The normalized spacial score (nSPS) is 10.4. The Labute approximate surface area is 145 Å². The van der Waals surface area contributed by atoms with Crippen LogP contribution in [0, 0.1) is 11.3 Å². The Bertz CT molecular complexity index is 965. The van der Waals surface area contributed by atoms with Crippen LogP contribution in [0.4, 0.5) is 0 Å². The number of hydrogen-bond donors (Lipinski definition) is 1. The van der Waals surface area contributed by atoms with Crippen LogP contribution in [-0.2, 0) is 13.5 Å². The van der Waals surface area contributed by atoms with Gasteiger partial charge in [-0.2, -0.15) is 5.26 Å². The lowest BCUT2D eigenvalue weighted by Crippen LogP contribution is -2.07. The van der Waals surface area contributed by atoms with Crippen molar-refractivity contribution in [3.63, 3.8) is 0 Å². The maximum Gasteiger partial charge on any atom is 0.353 e. The quantitative estimate of drug-likeness (QED) is 0.786. The number of nitrogens with zero attached hydrogens (tertiary/aromatic N) is 3. The van der Waals surface area contributed by atoms with Crippen LogP contribution in [0.25, 0.3) is 22.4 Å². The monoisotopic (exact) mass is 331 g/mol. The van der Waals surface area contributed by atoms with E-state index in [1.54, 1.807) is 17.8 Å². The van der Waals surface area contributed by atoms with Crippen molar-refractivity contribution in [2.45, 2.75) is 13.3 Å². The summed E-state index contributed by atoms with van der Waals surface area (Å²) in [6.45, 7) is 1.91. The van der Waals surface area contributed by atoms with Crippen molar-refractivity contribution in [2.75, 3.05) is 0 Å². The van der Waals surface area contributed by atoms with Gasteiger partial charge in [0.25, 0.3) is 0 Å². The molecular formula is C20H17N3O2. The number of carboxylic acids is 1. The Morgan fingerprint density at radius 2 is 1.88 bits per heavy atom. The van der Waals surface area contributed by atoms with Crippen molar-refractivity contribution in [1.82, 2.24) is 9.55 Å². The van der Waals surface area contributed by atoms with E-state index in [2.05, 4.69) is 11.1 Å². The SMILES string of the molecule is CCc1c(C#N)c(-c2ccc(-c3ccccn3)cc2)c(C(=O)O)n1C. The van der Waals surface area contributed by atoms with E-state index in [1.807, 2.05) is 49.4 Å². The van der Waals surface area contributed by atoms with Crippen LogP contribution in [0.2, 0.25) is 0 Å². The minimum absolute atomic E-state index is 0.138. The second kappa shape index (κ2) is 6.62. The van der Waals surface area contributed by atoms with Gasteiger partial charge in [-0.3, -0.25) is 4.98 Å². The molecule has 0 unspecified atom stereocenters. The fourth-order valence-corrected chi connectivity index (χ4v) is 3.14. The van der Waals surface area contributed by atoms with E-state index >= 15 is 0 Å². The van der Waals surface area contributed by atoms with Crippen molar-refractivity contribution in [1.29, 1.82) is 5.26 Å². The molecule has 2 aromatic heterocycles. The van der Waals surface area contributed by atoms with Gasteiger partial charge in [0.1, 0.15) is 11.8 Å². The number of carboxylic acid groups (broad SMARTS) is 1. The Morgan fingerprint density at radius 3 is 2.40 bits per heavy atom. The van der Waals surface area contributed by atoms with E-state index < -0.39 is 5.97 Å². The first-order chi connectivity index (χ1) is 12.1. The summed E-state index contributed by atoms with van der Waals surface area (Å²) < 4.78 is 1.60. The average Bonchev–Trinajstić information content (AvgIpc) is 2.94. The van der Waals surface area contributed by atoms with Gasteiger partial charge in [0, 0.05) is 30.1 Å². The molecule has 5 heteroatoms. The zero-order chi connectivity index (χ0) is 18.0. The first-order valence-electron chi connectivity index (χ1n) is 7.95. The van der Waals surface area contributed by atoms with Crippen LogP contribution in [0.15, 0.2) is 48.7 Å². The summed E-state index contributed by atoms with van der Waals surface area (Å²) in [6, 6.07) is 15.3. The van der Waals surface area contributed by atoms with Gasteiger partial charge in [-0.05, 0) is 24.1 Å². The van der Waals surface area contributed by atoms with Crippen LogP contribution in [0.1, 0.15) is 28.7 Å². The largest absolute Gasteiger partial charge is 0.477 e. The smallest absolute Gasteiger partial charge is 0.353 e. The molecule has 0 aliphatic heterocycles. The molecule has 0 bridgehead atoms. The van der Waals surface area contributed by atoms with Crippen molar-refractivity contribution >= 4 is 5.97 Å². The highest BCUT2D eigenvalue weighted by atomic mass is 16.4. The van der Waals surface area contributed by atoms with Gasteiger partial charge in [-0.25, -0.2) is 4.79 Å². The van der Waals surface area contributed by atoms with Gasteiger partial charge in [0.2, 0.25) is 0 Å². The molecule has 0 radical (unpaired) electrons. The van der Waals surface area contributed by atoms with Gasteiger partial charge in [0.05, 0.1) is 11.3 Å². The molecule has 0 aliphatic rings. The van der Waals surface area contributed by atoms with E-state index in [0.29, 0.717) is 23.1 Å². The van der Waals surface area contributed by atoms with Crippen LogP contribution < -0.4 is 0 Å². The van der Waals surface area contributed by atoms with E-state index in [9.17, 15) is 15.2 Å². The summed E-state index contributed by atoms with van der Waals surface area (Å²) in [6.07, 6.45) is 2.32. The van der Waals surface area contributed by atoms with Gasteiger partial charge in [0.15, 0.2) is 0 Å². The predicted molar refractivity (Wildman–Crippen MR) is 95.1 cm³/mol. The summed E-state index contributed by atoms with van der Waals surface area (Å²) in [4.78, 5) is 16.1. The molecule has 1 aromatic carbocycles. The molecule has 0 atom stereocenters. The predicted octanol–water partition coefficient (Wildman–Crippen LogP) is 3.89. The molecule has 0 aliphatic carbocycles. The summed E-state index contributed by atoms with van der Waals surface area (Å²) in [5.74, 6) is -1.04. The Morgan fingerprint density at radius 1 is 1.20 bits per heavy atom. The van der Waals surface area contributed by atoms with E-state index in [-0.39, 0.29) is 5.69 Å². The fourth-order valence-electron chi connectivity index (χ4n) is 3.14. The number of aromatic nitrogens is 2. The minimum Gasteiger partial charge on any atom is -0.477 e. The number of pyridine rings is 1. The number of benzene rings is 1. The molecule has 25 heavy (non-hydrogen) atoms. The number of hydrogen-bond acceptors (Lipinski definition) is 3. The van der Waals surface area contributed by atoms with Gasteiger partial charge < -0.3 is 9.67 Å². The summed E-state index contributed by atoms with van der Waals surface area (Å²) in [5.41, 5.74) is 4.25. The molecule has 0 saturated heterocycles. The van der Waals surface area contributed by atoms with E-state index in [0.717, 1.165) is 17.0 Å². The van der Waals surface area contributed by atoms with Crippen molar-refractivity contribution in [3.8, 4) is 28.5 Å². The van der Waals surface area contributed by atoms with Gasteiger partial charge in [-0.1, -0.05) is 37.3 Å². The third kappa shape index (κ3) is 2.79. The molecule has 5 nitrogen and oxygen atoms in total. The molecule has 0 saturated carbocycles. The van der Waals surface area contributed by atoms with Gasteiger partial charge in [-0.15, -0.1) is 0 Å². The van der Waals surface area contributed by atoms with Crippen molar-refractivity contribution < 1.29 is 9.90 Å². The van der Waals surface area contributed by atoms with Crippen molar-refractivity contribution in [3.05, 3.63) is 65.6 Å². The Balaban J connectivity index is 2.17. The summed E-state index contributed by atoms with van der Waals surface area (Å²) in [5, 5.41) is 19.2. The first kappa shape index (κ1) is 16.5. The topological polar surface area (TPSA) is 78.9 Å². The molecule has 3 aromatic rings. The third-order valence-corrected chi connectivity index (χ3v) is 4.30. The molecular weight excluding hydrogens is 314 g/mol. The standard InChI is InChI=1S/C20H17N3O2/c1-3-17-15(12-21)18(19(20(24)25)23(17)2)14-9-7-13(8-10-14)16-6-4-5-11-22-16/h4-11H,3H2,1-2H3,(H,24,25). The van der Waals surface area contributed by atoms with Crippen LogP contribution >= 0.6 is 0 Å². The van der Waals surface area contributed by atoms with Crippen LogP contribution in [-0.4, -0.2) is 20.6 Å². The number of aromatic carboxylic acids is 1. The average molecular weight is 331 g/mol. The maximum atomic E-state index is 11.8. The Kier molecular flexibility index (Phi) is 4.36. The highest BCUT2D eigenvalue weighted by molar-refractivity contribution is 5.97. The first-order valence-corrected chi connectivity index (χ1v) is 7.95. The fraction of sp³-hybridized carbons (Fsp3) is 0.150. The molecule has 124 valence electrons. The minimum atomic E-state index is -1.04. The number of rotatable bonds is 4.